The van der Waals surface area contributed by atoms with E-state index in [-0.39, 0.29) is 5.92 Å². The standard InChI is InChI=1S/C11H17N3O2/c1-2-5-14-7-12-6-9(14)8-3-4-13-10(8)11(15)16/h6-8,10,13H,2-5H2,1H3,(H,15,16). The van der Waals surface area contributed by atoms with E-state index in [0.717, 1.165) is 31.6 Å². The van der Waals surface area contributed by atoms with Gasteiger partial charge in [-0.05, 0) is 19.4 Å². The molecule has 1 fully saturated rings. The number of carboxylic acid groups (broad SMARTS) is 1. The zero-order valence-corrected chi connectivity index (χ0v) is 9.39. The Hall–Kier alpha value is -1.36. The number of nitrogens with one attached hydrogen (secondary N) is 1. The van der Waals surface area contributed by atoms with Crippen molar-refractivity contribution in [1.29, 1.82) is 0 Å². The lowest BCUT2D eigenvalue weighted by Gasteiger charge is -2.17. The number of imidazole rings is 1. The van der Waals surface area contributed by atoms with Crippen LogP contribution in [0, 0.1) is 0 Å². The molecule has 2 heterocycles. The van der Waals surface area contributed by atoms with E-state index < -0.39 is 12.0 Å². The summed E-state index contributed by atoms with van der Waals surface area (Å²) in [5.41, 5.74) is 1.04. The zero-order valence-electron chi connectivity index (χ0n) is 9.39. The molecule has 2 atom stereocenters. The first-order chi connectivity index (χ1) is 7.74. The molecule has 0 bridgehead atoms. The van der Waals surface area contributed by atoms with Gasteiger partial charge < -0.3 is 15.0 Å². The molecule has 1 aromatic rings. The van der Waals surface area contributed by atoms with Gasteiger partial charge in [0.25, 0.3) is 0 Å². The molecule has 5 nitrogen and oxygen atoms in total. The van der Waals surface area contributed by atoms with Crippen LogP contribution in [0.3, 0.4) is 0 Å². The monoisotopic (exact) mass is 223 g/mol. The van der Waals surface area contributed by atoms with E-state index >= 15 is 0 Å². The molecule has 1 aliphatic heterocycles. The third-order valence-electron chi connectivity index (χ3n) is 3.08. The van der Waals surface area contributed by atoms with E-state index in [1.54, 1.807) is 12.5 Å². The number of aromatic nitrogens is 2. The van der Waals surface area contributed by atoms with Gasteiger partial charge in [0.15, 0.2) is 0 Å². The van der Waals surface area contributed by atoms with Crippen LogP contribution >= 0.6 is 0 Å². The van der Waals surface area contributed by atoms with Gasteiger partial charge in [-0.25, -0.2) is 4.98 Å². The number of aliphatic carboxylic acids is 1. The topological polar surface area (TPSA) is 67.2 Å². The van der Waals surface area contributed by atoms with Crippen molar-refractivity contribution >= 4 is 5.97 Å². The lowest BCUT2D eigenvalue weighted by molar-refractivity contribution is -0.139. The SMILES string of the molecule is CCCn1cncc1C1CCNC1C(=O)O. The lowest BCUT2D eigenvalue weighted by Crippen LogP contribution is -2.35. The molecule has 0 aromatic carbocycles. The average molecular weight is 223 g/mol. The number of hydrogen-bond acceptors (Lipinski definition) is 3. The summed E-state index contributed by atoms with van der Waals surface area (Å²) in [5.74, 6) is -0.724. The smallest absolute Gasteiger partial charge is 0.321 e. The third-order valence-corrected chi connectivity index (χ3v) is 3.08. The molecule has 0 spiro atoms. The Morgan fingerprint density at radius 2 is 2.56 bits per heavy atom. The highest BCUT2D eigenvalue weighted by Crippen LogP contribution is 2.27. The van der Waals surface area contributed by atoms with Crippen molar-refractivity contribution in [2.24, 2.45) is 0 Å². The molecule has 1 saturated heterocycles. The average Bonchev–Trinajstić information content (AvgIpc) is 2.83. The second kappa shape index (κ2) is 4.65. The van der Waals surface area contributed by atoms with Gasteiger partial charge in [0.05, 0.1) is 6.33 Å². The number of aryl methyl sites for hydroxylation is 1. The third kappa shape index (κ3) is 1.95. The summed E-state index contributed by atoms with van der Waals surface area (Å²) in [6.45, 7) is 3.77. The minimum Gasteiger partial charge on any atom is -0.480 e. The molecule has 2 unspecified atom stereocenters. The molecule has 2 N–H and O–H groups in total. The van der Waals surface area contributed by atoms with Crippen molar-refractivity contribution in [1.82, 2.24) is 14.9 Å². The summed E-state index contributed by atoms with van der Waals surface area (Å²) in [5, 5.41) is 12.1. The van der Waals surface area contributed by atoms with E-state index in [4.69, 9.17) is 5.11 Å². The van der Waals surface area contributed by atoms with Gasteiger partial charge in [-0.2, -0.15) is 0 Å². The minimum atomic E-state index is -0.772. The molecule has 0 radical (unpaired) electrons. The maximum atomic E-state index is 11.1. The highest BCUT2D eigenvalue weighted by atomic mass is 16.4. The van der Waals surface area contributed by atoms with Crippen molar-refractivity contribution in [3.05, 3.63) is 18.2 Å². The van der Waals surface area contributed by atoms with E-state index in [2.05, 4.69) is 21.8 Å². The summed E-state index contributed by atoms with van der Waals surface area (Å²) in [4.78, 5) is 15.2. The highest BCUT2D eigenvalue weighted by molar-refractivity contribution is 5.75. The summed E-state index contributed by atoms with van der Waals surface area (Å²) in [7, 11) is 0. The maximum absolute atomic E-state index is 11.1. The van der Waals surface area contributed by atoms with Gasteiger partial charge in [-0.1, -0.05) is 6.92 Å². The van der Waals surface area contributed by atoms with Crippen molar-refractivity contribution in [2.75, 3.05) is 6.54 Å². The quantitative estimate of drug-likeness (QED) is 0.793. The van der Waals surface area contributed by atoms with Crippen molar-refractivity contribution < 1.29 is 9.90 Å². The van der Waals surface area contributed by atoms with Gasteiger partial charge in [0, 0.05) is 24.4 Å². The van der Waals surface area contributed by atoms with E-state index in [1.807, 2.05) is 0 Å². The van der Waals surface area contributed by atoms with Crippen molar-refractivity contribution in [3.63, 3.8) is 0 Å². The van der Waals surface area contributed by atoms with Crippen LogP contribution in [0.1, 0.15) is 31.4 Å². The van der Waals surface area contributed by atoms with Crippen LogP contribution in [0.2, 0.25) is 0 Å². The molecule has 1 aliphatic rings. The molecule has 2 rings (SSSR count). The van der Waals surface area contributed by atoms with Gasteiger partial charge in [0.1, 0.15) is 6.04 Å². The molecular weight excluding hydrogens is 206 g/mol. The van der Waals surface area contributed by atoms with Crippen LogP contribution in [-0.2, 0) is 11.3 Å². The van der Waals surface area contributed by atoms with E-state index in [1.165, 1.54) is 0 Å². The first kappa shape index (κ1) is 11.1. The Morgan fingerprint density at radius 1 is 1.75 bits per heavy atom. The summed E-state index contributed by atoms with van der Waals surface area (Å²) in [6.07, 6.45) is 5.48. The molecule has 0 amide bonds. The normalized spacial score (nSPS) is 24.8. The van der Waals surface area contributed by atoms with Crippen LogP contribution in [0.5, 0.6) is 0 Å². The summed E-state index contributed by atoms with van der Waals surface area (Å²) >= 11 is 0. The lowest BCUT2D eigenvalue weighted by atomic mass is 9.97. The molecule has 16 heavy (non-hydrogen) atoms. The number of carboxylic acids is 1. The van der Waals surface area contributed by atoms with Crippen LogP contribution in [0.25, 0.3) is 0 Å². The van der Waals surface area contributed by atoms with Gasteiger partial charge in [0.2, 0.25) is 0 Å². The summed E-state index contributed by atoms with van der Waals surface area (Å²) < 4.78 is 2.06. The fourth-order valence-electron chi connectivity index (χ4n) is 2.35. The first-order valence-electron chi connectivity index (χ1n) is 5.70. The summed E-state index contributed by atoms with van der Waals surface area (Å²) in [6, 6.07) is -0.465. The van der Waals surface area contributed by atoms with Crippen LogP contribution < -0.4 is 5.32 Å². The predicted molar refractivity (Wildman–Crippen MR) is 59.3 cm³/mol. The van der Waals surface area contributed by atoms with Crippen molar-refractivity contribution in [3.8, 4) is 0 Å². The van der Waals surface area contributed by atoms with E-state index in [0.29, 0.717) is 0 Å². The number of nitrogens with zero attached hydrogens (tertiary/aromatic N) is 2. The Balaban J connectivity index is 2.22. The Morgan fingerprint density at radius 3 is 3.25 bits per heavy atom. The number of hydrogen-bond donors (Lipinski definition) is 2. The van der Waals surface area contributed by atoms with Gasteiger partial charge in [-0.3, -0.25) is 4.79 Å². The fraction of sp³-hybridized carbons (Fsp3) is 0.636. The molecule has 1 aromatic heterocycles. The molecule has 88 valence electrons. The predicted octanol–water partition coefficient (Wildman–Crippen LogP) is 0.823. The number of rotatable bonds is 4. The van der Waals surface area contributed by atoms with Gasteiger partial charge >= 0.3 is 5.97 Å². The van der Waals surface area contributed by atoms with Crippen LogP contribution in [-0.4, -0.2) is 33.2 Å². The van der Waals surface area contributed by atoms with Crippen molar-refractivity contribution in [2.45, 2.75) is 38.3 Å². The first-order valence-corrected chi connectivity index (χ1v) is 5.70. The second-order valence-electron chi connectivity index (χ2n) is 4.18. The Labute approximate surface area is 94.5 Å². The molecule has 5 heteroatoms. The van der Waals surface area contributed by atoms with Crippen LogP contribution in [0.15, 0.2) is 12.5 Å². The van der Waals surface area contributed by atoms with Crippen LogP contribution in [0.4, 0.5) is 0 Å². The molecule has 0 aliphatic carbocycles. The van der Waals surface area contributed by atoms with E-state index in [9.17, 15) is 4.79 Å². The molecule has 0 saturated carbocycles. The molecular formula is C11H17N3O2. The Kier molecular flexibility index (Phi) is 3.24. The largest absolute Gasteiger partial charge is 0.480 e. The second-order valence-corrected chi connectivity index (χ2v) is 4.18. The Bertz CT molecular complexity index is 375. The number of carbonyl (C=O) groups is 1. The zero-order chi connectivity index (χ0) is 11.5. The maximum Gasteiger partial charge on any atom is 0.321 e. The fourth-order valence-corrected chi connectivity index (χ4v) is 2.35. The minimum absolute atomic E-state index is 0.0477. The highest BCUT2D eigenvalue weighted by Gasteiger charge is 2.35. The van der Waals surface area contributed by atoms with Gasteiger partial charge in [-0.15, -0.1) is 0 Å².